The molecule has 0 aliphatic carbocycles. The highest BCUT2D eigenvalue weighted by atomic mass is 16.5. The van der Waals surface area contributed by atoms with Gasteiger partial charge in [0.15, 0.2) is 0 Å². The molecule has 1 aliphatic rings. The molecule has 21 heavy (non-hydrogen) atoms. The molecule has 0 spiro atoms. The van der Waals surface area contributed by atoms with Crippen LogP contribution in [0.2, 0.25) is 0 Å². The summed E-state index contributed by atoms with van der Waals surface area (Å²) in [6.45, 7) is 11.9. The summed E-state index contributed by atoms with van der Waals surface area (Å²) < 4.78 is 5.67. The number of aliphatic hydroxyl groups excluding tert-OH is 1. The van der Waals surface area contributed by atoms with Crippen molar-refractivity contribution in [3.8, 4) is 5.75 Å². The highest BCUT2D eigenvalue weighted by Gasteiger charge is 2.17. The molecule has 4 heteroatoms. The average Bonchev–Trinajstić information content (AvgIpc) is 2.42. The lowest BCUT2D eigenvalue weighted by Gasteiger charge is -2.35. The zero-order valence-electron chi connectivity index (χ0n) is 13.5. The molecule has 2 rings (SSSR count). The van der Waals surface area contributed by atoms with Gasteiger partial charge in [0.25, 0.3) is 0 Å². The van der Waals surface area contributed by atoms with Gasteiger partial charge in [0.05, 0.1) is 12.2 Å². The summed E-state index contributed by atoms with van der Waals surface area (Å²) in [4.78, 5) is 4.80. The molecule has 1 heterocycles. The quantitative estimate of drug-likeness (QED) is 0.869. The Hall–Kier alpha value is -1.10. The van der Waals surface area contributed by atoms with Crippen molar-refractivity contribution in [3.05, 3.63) is 29.8 Å². The van der Waals surface area contributed by atoms with E-state index < -0.39 is 0 Å². The lowest BCUT2D eigenvalue weighted by atomic mass is 10.2. The van der Waals surface area contributed by atoms with E-state index in [0.717, 1.165) is 45.0 Å². The van der Waals surface area contributed by atoms with Crippen molar-refractivity contribution in [1.29, 1.82) is 0 Å². The molecule has 0 bridgehead atoms. The molecular weight excluding hydrogens is 264 g/mol. The van der Waals surface area contributed by atoms with Gasteiger partial charge in [-0.15, -0.1) is 0 Å². The van der Waals surface area contributed by atoms with E-state index in [4.69, 9.17) is 4.74 Å². The maximum Gasteiger partial charge on any atom is 0.119 e. The number of β-amino-alcohol motifs (C(OH)–C–C–N with tert-alkyl or cyclic N) is 1. The van der Waals surface area contributed by atoms with Crippen LogP contribution in [-0.2, 0) is 6.54 Å². The van der Waals surface area contributed by atoms with Crippen LogP contribution in [0.4, 0.5) is 0 Å². The van der Waals surface area contributed by atoms with E-state index in [-0.39, 0.29) is 12.2 Å². The molecule has 0 amide bonds. The van der Waals surface area contributed by atoms with Crippen LogP contribution in [0.25, 0.3) is 0 Å². The largest absolute Gasteiger partial charge is 0.491 e. The molecule has 0 saturated carbocycles. The van der Waals surface area contributed by atoms with Gasteiger partial charge in [0, 0.05) is 39.3 Å². The van der Waals surface area contributed by atoms with Gasteiger partial charge in [-0.3, -0.25) is 9.80 Å². The molecule has 1 aromatic rings. The molecule has 4 nitrogen and oxygen atoms in total. The van der Waals surface area contributed by atoms with Crippen LogP contribution in [0, 0.1) is 0 Å². The SMILES string of the molecule is CC(C)Oc1ccc(CN2CCN(C[C@@H](C)O)CC2)cc1. The van der Waals surface area contributed by atoms with Crippen LogP contribution < -0.4 is 4.74 Å². The number of nitrogens with zero attached hydrogens (tertiary/aromatic N) is 2. The van der Waals surface area contributed by atoms with Gasteiger partial charge in [0.2, 0.25) is 0 Å². The molecule has 1 saturated heterocycles. The van der Waals surface area contributed by atoms with E-state index in [1.165, 1.54) is 5.56 Å². The number of rotatable bonds is 6. The fourth-order valence-electron chi connectivity index (χ4n) is 2.71. The number of hydrogen-bond donors (Lipinski definition) is 1. The van der Waals surface area contributed by atoms with Crippen LogP contribution in [0.15, 0.2) is 24.3 Å². The van der Waals surface area contributed by atoms with Crippen LogP contribution in [0.1, 0.15) is 26.3 Å². The molecular formula is C17H28N2O2. The summed E-state index contributed by atoms with van der Waals surface area (Å²) in [6.07, 6.45) is -0.0112. The Morgan fingerprint density at radius 3 is 2.10 bits per heavy atom. The Bertz CT molecular complexity index is 409. The normalized spacial score (nSPS) is 18.9. The van der Waals surface area contributed by atoms with Crippen LogP contribution >= 0.6 is 0 Å². The van der Waals surface area contributed by atoms with E-state index in [2.05, 4.69) is 34.1 Å². The van der Waals surface area contributed by atoms with Gasteiger partial charge in [-0.25, -0.2) is 0 Å². The predicted octanol–water partition coefficient (Wildman–Crippen LogP) is 1.97. The van der Waals surface area contributed by atoms with E-state index >= 15 is 0 Å². The zero-order valence-corrected chi connectivity index (χ0v) is 13.5. The van der Waals surface area contributed by atoms with Crippen molar-refractivity contribution in [3.63, 3.8) is 0 Å². The second-order valence-electron chi connectivity index (χ2n) is 6.24. The van der Waals surface area contributed by atoms with Gasteiger partial charge in [0.1, 0.15) is 5.75 Å². The van der Waals surface area contributed by atoms with Crippen LogP contribution in [0.3, 0.4) is 0 Å². The summed E-state index contributed by atoms with van der Waals surface area (Å²) in [5.41, 5.74) is 1.33. The van der Waals surface area contributed by atoms with Crippen molar-refractivity contribution < 1.29 is 9.84 Å². The molecule has 118 valence electrons. The molecule has 1 N–H and O–H groups in total. The minimum atomic E-state index is -0.231. The number of aliphatic hydroxyl groups is 1. The molecule has 0 radical (unpaired) electrons. The third kappa shape index (κ3) is 5.65. The Kier molecular flexibility index (Phi) is 6.03. The Balaban J connectivity index is 1.78. The van der Waals surface area contributed by atoms with Crippen molar-refractivity contribution in [2.24, 2.45) is 0 Å². The maximum atomic E-state index is 9.43. The summed E-state index contributed by atoms with van der Waals surface area (Å²) in [7, 11) is 0. The second kappa shape index (κ2) is 7.78. The first-order chi connectivity index (χ1) is 10.0. The van der Waals surface area contributed by atoms with Gasteiger partial charge in [-0.2, -0.15) is 0 Å². The standard InChI is InChI=1S/C17H28N2O2/c1-14(2)21-17-6-4-16(5-7-17)13-19-10-8-18(9-11-19)12-15(3)20/h4-7,14-15,20H,8-13H2,1-3H3/t15-/m1/s1. The van der Waals surface area contributed by atoms with Crippen LogP contribution in [-0.4, -0.2) is 59.8 Å². The number of ether oxygens (including phenoxy) is 1. The van der Waals surface area contributed by atoms with E-state index in [1.807, 2.05) is 20.8 Å². The molecule has 1 atom stereocenters. The summed E-state index contributed by atoms with van der Waals surface area (Å²) >= 11 is 0. The lowest BCUT2D eigenvalue weighted by Crippen LogP contribution is -2.47. The Morgan fingerprint density at radius 2 is 1.57 bits per heavy atom. The van der Waals surface area contributed by atoms with Gasteiger partial charge >= 0.3 is 0 Å². The fraction of sp³-hybridized carbons (Fsp3) is 0.647. The monoisotopic (exact) mass is 292 g/mol. The van der Waals surface area contributed by atoms with E-state index in [9.17, 15) is 5.11 Å². The first-order valence-electron chi connectivity index (χ1n) is 7.91. The number of hydrogen-bond acceptors (Lipinski definition) is 4. The van der Waals surface area contributed by atoms with Crippen molar-refractivity contribution in [2.45, 2.75) is 39.5 Å². The van der Waals surface area contributed by atoms with Crippen molar-refractivity contribution in [1.82, 2.24) is 9.80 Å². The third-order valence-electron chi connectivity index (χ3n) is 3.69. The first-order valence-corrected chi connectivity index (χ1v) is 7.91. The van der Waals surface area contributed by atoms with Crippen molar-refractivity contribution in [2.75, 3.05) is 32.7 Å². The minimum absolute atomic E-state index is 0.220. The third-order valence-corrected chi connectivity index (χ3v) is 3.69. The molecule has 1 fully saturated rings. The summed E-state index contributed by atoms with van der Waals surface area (Å²) in [5.74, 6) is 0.940. The average molecular weight is 292 g/mol. The second-order valence-corrected chi connectivity index (χ2v) is 6.24. The van der Waals surface area contributed by atoms with Gasteiger partial charge in [-0.05, 0) is 38.5 Å². The highest BCUT2D eigenvalue weighted by molar-refractivity contribution is 5.27. The topological polar surface area (TPSA) is 35.9 Å². The maximum absolute atomic E-state index is 9.43. The molecule has 0 unspecified atom stereocenters. The predicted molar refractivity (Wildman–Crippen MR) is 85.6 cm³/mol. The molecule has 0 aromatic heterocycles. The first kappa shape index (κ1) is 16.3. The van der Waals surface area contributed by atoms with Crippen LogP contribution in [0.5, 0.6) is 5.75 Å². The lowest BCUT2D eigenvalue weighted by molar-refractivity contribution is 0.0781. The fourth-order valence-corrected chi connectivity index (χ4v) is 2.71. The Morgan fingerprint density at radius 1 is 1.00 bits per heavy atom. The zero-order chi connectivity index (χ0) is 15.2. The molecule has 1 aliphatic heterocycles. The number of benzene rings is 1. The summed E-state index contributed by atoms with van der Waals surface area (Å²) in [6, 6.07) is 8.41. The minimum Gasteiger partial charge on any atom is -0.491 e. The summed E-state index contributed by atoms with van der Waals surface area (Å²) in [5, 5.41) is 9.43. The van der Waals surface area contributed by atoms with Gasteiger partial charge < -0.3 is 9.84 Å². The van der Waals surface area contributed by atoms with Crippen molar-refractivity contribution >= 4 is 0 Å². The van der Waals surface area contributed by atoms with E-state index in [1.54, 1.807) is 0 Å². The van der Waals surface area contributed by atoms with Gasteiger partial charge in [-0.1, -0.05) is 12.1 Å². The number of piperazine rings is 1. The van der Waals surface area contributed by atoms with E-state index in [0.29, 0.717) is 0 Å². The Labute approximate surface area is 128 Å². The smallest absolute Gasteiger partial charge is 0.119 e. The molecule has 1 aromatic carbocycles. The highest BCUT2D eigenvalue weighted by Crippen LogP contribution is 2.16.